The maximum atomic E-state index is 13.0. The Kier molecular flexibility index (Phi) is 7.40. The number of nitrogens with zero attached hydrogens (tertiary/aromatic N) is 2. The lowest BCUT2D eigenvalue weighted by molar-refractivity contribution is -0.140. The second kappa shape index (κ2) is 10.0. The lowest BCUT2D eigenvalue weighted by Gasteiger charge is -2.26. The number of amides is 1. The normalized spacial score (nSPS) is 18.2. The van der Waals surface area contributed by atoms with Crippen molar-refractivity contribution in [2.75, 3.05) is 26.2 Å². The van der Waals surface area contributed by atoms with E-state index in [1.807, 2.05) is 13.8 Å². The summed E-state index contributed by atoms with van der Waals surface area (Å²) < 4.78 is 11.5. The molecule has 0 aliphatic carbocycles. The van der Waals surface area contributed by atoms with Gasteiger partial charge >= 0.3 is 0 Å². The van der Waals surface area contributed by atoms with Gasteiger partial charge in [-0.05, 0) is 70.3 Å². The summed E-state index contributed by atoms with van der Waals surface area (Å²) in [6, 6.07) is 9.60. The molecule has 1 aromatic heterocycles. The molecule has 2 aromatic rings. The first-order valence-electron chi connectivity index (χ1n) is 11.1. The van der Waals surface area contributed by atoms with Gasteiger partial charge in [-0.15, -0.1) is 0 Å². The van der Waals surface area contributed by atoms with Gasteiger partial charge in [0.25, 0.3) is 11.7 Å². The number of aliphatic hydroxyl groups is 1. The van der Waals surface area contributed by atoms with E-state index < -0.39 is 17.7 Å². The van der Waals surface area contributed by atoms with E-state index in [1.165, 1.54) is 4.90 Å². The van der Waals surface area contributed by atoms with Crippen LogP contribution in [-0.2, 0) is 9.59 Å². The molecule has 7 nitrogen and oxygen atoms in total. The number of ether oxygens (including phenoxy) is 1. The van der Waals surface area contributed by atoms with Gasteiger partial charge in [0.2, 0.25) is 0 Å². The minimum Gasteiger partial charge on any atom is -0.507 e. The Morgan fingerprint density at radius 3 is 2.31 bits per heavy atom. The molecule has 1 saturated heterocycles. The second-order valence-corrected chi connectivity index (χ2v) is 8.16. The first kappa shape index (κ1) is 23.6. The monoisotopic (exact) mass is 440 g/mol. The molecule has 7 heteroatoms. The van der Waals surface area contributed by atoms with E-state index in [-0.39, 0.29) is 17.4 Å². The van der Waals surface area contributed by atoms with Gasteiger partial charge in [-0.25, -0.2) is 0 Å². The van der Waals surface area contributed by atoms with Gasteiger partial charge in [0, 0.05) is 18.7 Å². The van der Waals surface area contributed by atoms with Crippen LogP contribution in [0.25, 0.3) is 5.76 Å². The predicted molar refractivity (Wildman–Crippen MR) is 122 cm³/mol. The molecule has 1 unspecified atom stereocenters. The summed E-state index contributed by atoms with van der Waals surface area (Å²) in [5, 5.41) is 11.1. The Balaban J connectivity index is 2.01. The summed E-state index contributed by atoms with van der Waals surface area (Å²) in [5.41, 5.74) is 0.484. The Morgan fingerprint density at radius 2 is 1.78 bits per heavy atom. The van der Waals surface area contributed by atoms with Gasteiger partial charge < -0.3 is 24.1 Å². The fourth-order valence-corrected chi connectivity index (χ4v) is 3.91. The molecule has 2 heterocycles. The number of rotatable bonds is 9. The van der Waals surface area contributed by atoms with E-state index in [1.54, 1.807) is 43.3 Å². The molecular formula is C25H32N2O5. The van der Waals surface area contributed by atoms with Gasteiger partial charge in [0.15, 0.2) is 0 Å². The third-order valence-corrected chi connectivity index (χ3v) is 5.62. The van der Waals surface area contributed by atoms with Gasteiger partial charge in [-0.3, -0.25) is 9.59 Å². The molecule has 1 amide bonds. The highest BCUT2D eigenvalue weighted by atomic mass is 16.5. The fourth-order valence-electron chi connectivity index (χ4n) is 3.91. The van der Waals surface area contributed by atoms with Crippen LogP contribution in [0.2, 0.25) is 0 Å². The van der Waals surface area contributed by atoms with E-state index in [0.29, 0.717) is 35.9 Å². The number of aliphatic hydroxyl groups excluding tert-OH is 1. The number of benzene rings is 1. The molecule has 1 aromatic carbocycles. The van der Waals surface area contributed by atoms with E-state index in [4.69, 9.17) is 9.15 Å². The first-order valence-corrected chi connectivity index (χ1v) is 11.1. The zero-order chi connectivity index (χ0) is 23.4. The Labute approximate surface area is 189 Å². The number of hydrogen-bond donors (Lipinski definition) is 1. The second-order valence-electron chi connectivity index (χ2n) is 8.16. The summed E-state index contributed by atoms with van der Waals surface area (Å²) in [7, 11) is 0. The van der Waals surface area contributed by atoms with Crippen LogP contribution in [0, 0.1) is 6.92 Å². The number of carbonyl (C=O) groups is 2. The molecule has 0 radical (unpaired) electrons. The van der Waals surface area contributed by atoms with Gasteiger partial charge in [0.1, 0.15) is 29.1 Å². The molecule has 1 atom stereocenters. The van der Waals surface area contributed by atoms with Crippen LogP contribution < -0.4 is 4.74 Å². The Morgan fingerprint density at radius 1 is 1.12 bits per heavy atom. The van der Waals surface area contributed by atoms with Crippen molar-refractivity contribution >= 4 is 17.4 Å². The van der Waals surface area contributed by atoms with Crippen molar-refractivity contribution in [3.8, 4) is 5.75 Å². The number of carbonyl (C=O) groups excluding carboxylic acids is 2. The van der Waals surface area contributed by atoms with Crippen molar-refractivity contribution in [2.24, 2.45) is 0 Å². The van der Waals surface area contributed by atoms with Gasteiger partial charge in [-0.1, -0.05) is 13.8 Å². The van der Waals surface area contributed by atoms with E-state index >= 15 is 0 Å². The van der Waals surface area contributed by atoms with Gasteiger partial charge in [0.05, 0.1) is 11.7 Å². The molecule has 0 saturated carbocycles. The van der Waals surface area contributed by atoms with Crippen LogP contribution in [0.5, 0.6) is 5.75 Å². The van der Waals surface area contributed by atoms with E-state index in [9.17, 15) is 14.7 Å². The number of likely N-dealkylation sites (N-methyl/N-ethyl adjacent to an activating group) is 1. The molecule has 1 fully saturated rings. The van der Waals surface area contributed by atoms with Gasteiger partial charge in [-0.2, -0.15) is 0 Å². The third-order valence-electron chi connectivity index (χ3n) is 5.62. The number of ketones is 1. The van der Waals surface area contributed by atoms with Crippen LogP contribution in [0.15, 0.2) is 46.4 Å². The molecule has 3 rings (SSSR count). The molecule has 1 aliphatic rings. The van der Waals surface area contributed by atoms with Crippen molar-refractivity contribution in [2.45, 2.75) is 46.8 Å². The molecule has 0 bridgehead atoms. The van der Waals surface area contributed by atoms with Crippen molar-refractivity contribution < 1.29 is 23.8 Å². The van der Waals surface area contributed by atoms with Crippen LogP contribution in [0.1, 0.15) is 50.8 Å². The minimum absolute atomic E-state index is 0.0211. The standard InChI is InChI=1S/C25H32N2O5/c1-6-26(7-2)14-15-27-22(20-13-8-17(5)32-20)21(24(29)25(27)30)23(28)18-9-11-19(12-10-18)31-16(3)4/h8-13,16,22,28H,6-7,14-15H2,1-5H3/b23-21-. The summed E-state index contributed by atoms with van der Waals surface area (Å²) >= 11 is 0. The lowest BCUT2D eigenvalue weighted by Crippen LogP contribution is -2.37. The number of furan rings is 1. The Hall–Kier alpha value is -3.06. The summed E-state index contributed by atoms with van der Waals surface area (Å²) in [6.07, 6.45) is 0.0211. The maximum Gasteiger partial charge on any atom is 0.295 e. The fraction of sp³-hybridized carbons (Fsp3) is 0.440. The quantitative estimate of drug-likeness (QED) is 0.358. The molecule has 172 valence electrons. The average molecular weight is 441 g/mol. The summed E-state index contributed by atoms with van der Waals surface area (Å²) in [5.74, 6) is 0.242. The van der Waals surface area contributed by atoms with Crippen LogP contribution in [-0.4, -0.2) is 58.9 Å². The zero-order valence-corrected chi connectivity index (χ0v) is 19.4. The van der Waals surface area contributed by atoms with Crippen molar-refractivity contribution in [1.82, 2.24) is 9.80 Å². The summed E-state index contributed by atoms with van der Waals surface area (Å²) in [4.78, 5) is 29.7. The lowest BCUT2D eigenvalue weighted by atomic mass is 9.99. The first-order chi connectivity index (χ1) is 15.3. The Bertz CT molecular complexity index is 986. The number of Topliss-reactive ketones (excluding diaryl/α,β-unsaturated/α-hetero) is 1. The van der Waals surface area contributed by atoms with E-state index in [0.717, 1.165) is 13.1 Å². The van der Waals surface area contributed by atoms with Crippen molar-refractivity contribution in [3.63, 3.8) is 0 Å². The maximum absolute atomic E-state index is 13.0. The molecule has 1 N–H and O–H groups in total. The van der Waals surface area contributed by atoms with E-state index in [2.05, 4.69) is 18.7 Å². The highest BCUT2D eigenvalue weighted by Crippen LogP contribution is 2.40. The highest BCUT2D eigenvalue weighted by molar-refractivity contribution is 6.46. The SMILES string of the molecule is CCN(CC)CCN1C(=O)C(=O)/C(=C(\O)c2ccc(OC(C)C)cc2)C1c1ccc(C)o1. The molecule has 0 spiro atoms. The van der Waals surface area contributed by atoms with Crippen LogP contribution in [0.3, 0.4) is 0 Å². The van der Waals surface area contributed by atoms with Crippen molar-refractivity contribution in [1.29, 1.82) is 0 Å². The minimum atomic E-state index is -0.772. The van der Waals surface area contributed by atoms with Crippen LogP contribution >= 0.6 is 0 Å². The van der Waals surface area contributed by atoms with Crippen LogP contribution in [0.4, 0.5) is 0 Å². The average Bonchev–Trinajstić information content (AvgIpc) is 3.30. The highest BCUT2D eigenvalue weighted by Gasteiger charge is 2.47. The number of likely N-dealkylation sites (tertiary alicyclic amines) is 1. The molecule has 1 aliphatic heterocycles. The molecule has 32 heavy (non-hydrogen) atoms. The largest absolute Gasteiger partial charge is 0.507 e. The summed E-state index contributed by atoms with van der Waals surface area (Å²) in [6.45, 7) is 12.4. The molecular weight excluding hydrogens is 408 g/mol. The predicted octanol–water partition coefficient (Wildman–Crippen LogP) is 4.14. The number of hydrogen-bond acceptors (Lipinski definition) is 6. The van der Waals surface area contributed by atoms with Crippen molar-refractivity contribution in [3.05, 3.63) is 59.1 Å². The topological polar surface area (TPSA) is 83.2 Å². The zero-order valence-electron chi connectivity index (χ0n) is 19.4. The third kappa shape index (κ3) is 4.88. The number of aryl methyl sites for hydroxylation is 1. The smallest absolute Gasteiger partial charge is 0.295 e.